The Kier molecular flexibility index (Phi) is 8.26. The summed E-state index contributed by atoms with van der Waals surface area (Å²) in [5.74, 6) is -3.21. The van der Waals surface area contributed by atoms with E-state index in [1.165, 1.54) is 37.3 Å². The van der Waals surface area contributed by atoms with Crippen molar-refractivity contribution in [1.82, 2.24) is 10.6 Å². The summed E-state index contributed by atoms with van der Waals surface area (Å²) in [5, 5.41) is 4.78. The van der Waals surface area contributed by atoms with Gasteiger partial charge in [-0.3, -0.25) is 14.4 Å². The Morgan fingerprint density at radius 2 is 1.58 bits per heavy atom. The van der Waals surface area contributed by atoms with E-state index in [2.05, 4.69) is 10.6 Å². The van der Waals surface area contributed by atoms with Gasteiger partial charge >= 0.3 is 0 Å². The van der Waals surface area contributed by atoms with E-state index >= 15 is 0 Å². The predicted molar refractivity (Wildman–Crippen MR) is 112 cm³/mol. The quantitative estimate of drug-likeness (QED) is 0.491. The SMILES string of the molecule is CC(=O)N[C@H](Cc1ccccc1F)C(=O)N[C@@H](CCS(=O)(=O)c1ccccc1)C(N)=O. The maximum absolute atomic E-state index is 14.0. The Morgan fingerprint density at radius 3 is 2.16 bits per heavy atom. The number of benzene rings is 2. The van der Waals surface area contributed by atoms with Gasteiger partial charge in [0.15, 0.2) is 9.84 Å². The largest absolute Gasteiger partial charge is 0.368 e. The third-order valence-corrected chi connectivity index (χ3v) is 6.28. The highest BCUT2D eigenvalue weighted by atomic mass is 32.2. The number of primary amides is 1. The van der Waals surface area contributed by atoms with Crippen molar-refractivity contribution in [3.63, 3.8) is 0 Å². The van der Waals surface area contributed by atoms with E-state index in [9.17, 15) is 27.2 Å². The maximum atomic E-state index is 14.0. The van der Waals surface area contributed by atoms with Crippen molar-refractivity contribution in [3.05, 3.63) is 66.0 Å². The van der Waals surface area contributed by atoms with Crippen molar-refractivity contribution in [2.45, 2.75) is 36.7 Å². The molecule has 0 fully saturated rings. The van der Waals surface area contributed by atoms with Crippen LogP contribution in [0, 0.1) is 5.82 Å². The van der Waals surface area contributed by atoms with E-state index in [0.29, 0.717) is 0 Å². The fourth-order valence-corrected chi connectivity index (χ4v) is 4.27. The van der Waals surface area contributed by atoms with Gasteiger partial charge in [-0.2, -0.15) is 0 Å². The smallest absolute Gasteiger partial charge is 0.243 e. The Bertz CT molecular complexity index is 1040. The van der Waals surface area contributed by atoms with Crippen LogP contribution in [0.1, 0.15) is 18.9 Å². The Labute approximate surface area is 179 Å². The zero-order valence-electron chi connectivity index (χ0n) is 16.9. The molecular formula is C21H24FN3O5S. The summed E-state index contributed by atoms with van der Waals surface area (Å²) < 4.78 is 38.8. The van der Waals surface area contributed by atoms with E-state index in [0.717, 1.165) is 0 Å². The molecule has 0 unspecified atom stereocenters. The normalized spacial score (nSPS) is 13.1. The number of hydrogen-bond acceptors (Lipinski definition) is 5. The molecule has 0 saturated carbocycles. The number of rotatable bonds is 10. The van der Waals surface area contributed by atoms with Crippen molar-refractivity contribution in [2.75, 3.05) is 5.75 Å². The van der Waals surface area contributed by atoms with Crippen LogP contribution < -0.4 is 16.4 Å². The van der Waals surface area contributed by atoms with E-state index in [1.54, 1.807) is 24.3 Å². The minimum atomic E-state index is -3.70. The molecule has 2 aromatic rings. The van der Waals surface area contributed by atoms with E-state index in [4.69, 9.17) is 5.73 Å². The molecule has 0 aliphatic heterocycles. The van der Waals surface area contributed by atoms with Gasteiger partial charge in [0, 0.05) is 13.3 Å². The van der Waals surface area contributed by atoms with Crippen molar-refractivity contribution in [1.29, 1.82) is 0 Å². The molecule has 0 aromatic heterocycles. The molecule has 3 amide bonds. The van der Waals surface area contributed by atoms with Gasteiger partial charge in [0.1, 0.15) is 17.9 Å². The summed E-state index contributed by atoms with van der Waals surface area (Å²) in [4.78, 5) is 36.1. The highest BCUT2D eigenvalue weighted by Crippen LogP contribution is 2.13. The van der Waals surface area contributed by atoms with Crippen LogP contribution in [0.25, 0.3) is 0 Å². The molecule has 0 bridgehead atoms. The molecule has 2 atom stereocenters. The summed E-state index contributed by atoms with van der Waals surface area (Å²) >= 11 is 0. The minimum absolute atomic E-state index is 0.0835. The second kappa shape index (κ2) is 10.7. The average molecular weight is 450 g/mol. The summed E-state index contributed by atoms with van der Waals surface area (Å²) in [5.41, 5.74) is 5.53. The Hall–Kier alpha value is -3.27. The number of amides is 3. The lowest BCUT2D eigenvalue weighted by Crippen LogP contribution is -2.53. The Morgan fingerprint density at radius 1 is 0.968 bits per heavy atom. The first kappa shape index (κ1) is 24.0. The molecule has 0 saturated heterocycles. The topological polar surface area (TPSA) is 135 Å². The summed E-state index contributed by atoms with van der Waals surface area (Å²) in [6, 6.07) is 11.0. The fourth-order valence-electron chi connectivity index (χ4n) is 2.92. The Balaban J connectivity index is 2.11. The van der Waals surface area contributed by atoms with Crippen molar-refractivity contribution in [2.24, 2.45) is 5.73 Å². The summed E-state index contributed by atoms with van der Waals surface area (Å²) in [7, 11) is -3.70. The highest BCUT2D eigenvalue weighted by molar-refractivity contribution is 7.91. The molecule has 8 nitrogen and oxygen atoms in total. The number of carbonyl (C=O) groups is 3. The number of hydrogen-bond donors (Lipinski definition) is 3. The van der Waals surface area contributed by atoms with Crippen molar-refractivity contribution < 1.29 is 27.2 Å². The van der Waals surface area contributed by atoms with Gasteiger partial charge in [0.05, 0.1) is 10.6 Å². The second-order valence-corrected chi connectivity index (χ2v) is 9.04. The van der Waals surface area contributed by atoms with Crippen LogP contribution in [0.15, 0.2) is 59.5 Å². The van der Waals surface area contributed by atoms with Crippen LogP contribution >= 0.6 is 0 Å². The van der Waals surface area contributed by atoms with Crippen LogP contribution in [0.2, 0.25) is 0 Å². The molecular weight excluding hydrogens is 425 g/mol. The molecule has 0 heterocycles. The fraction of sp³-hybridized carbons (Fsp3) is 0.286. The molecule has 4 N–H and O–H groups in total. The third-order valence-electron chi connectivity index (χ3n) is 4.51. The molecule has 0 radical (unpaired) electrons. The molecule has 2 rings (SSSR count). The first-order valence-corrected chi connectivity index (χ1v) is 11.1. The number of carbonyl (C=O) groups excluding carboxylic acids is 3. The molecule has 0 aliphatic carbocycles. The summed E-state index contributed by atoms with van der Waals surface area (Å²) in [6.45, 7) is 1.19. The molecule has 10 heteroatoms. The summed E-state index contributed by atoms with van der Waals surface area (Å²) in [6.07, 6.45) is -0.420. The number of nitrogens with two attached hydrogens (primary N) is 1. The minimum Gasteiger partial charge on any atom is -0.368 e. The van der Waals surface area contributed by atoms with Crippen LogP contribution in [-0.4, -0.2) is 44.0 Å². The average Bonchev–Trinajstić information content (AvgIpc) is 2.72. The molecule has 0 aliphatic rings. The zero-order chi connectivity index (χ0) is 23.0. The number of halogens is 1. The van der Waals surface area contributed by atoms with Gasteiger partial charge in [-0.15, -0.1) is 0 Å². The van der Waals surface area contributed by atoms with E-state index in [-0.39, 0.29) is 23.3 Å². The number of nitrogens with one attached hydrogen (secondary N) is 2. The van der Waals surface area contributed by atoms with Gasteiger partial charge in [0.25, 0.3) is 0 Å². The molecule has 166 valence electrons. The van der Waals surface area contributed by atoms with Gasteiger partial charge in [-0.1, -0.05) is 36.4 Å². The maximum Gasteiger partial charge on any atom is 0.243 e. The van der Waals surface area contributed by atoms with Gasteiger partial charge in [-0.05, 0) is 30.2 Å². The standard InChI is InChI=1S/C21H24FN3O5S/c1-14(26)24-19(13-15-7-5-6-10-17(15)22)21(28)25-18(20(23)27)11-12-31(29,30)16-8-3-2-4-9-16/h2-10,18-19H,11-13H2,1H3,(H2,23,27)(H,24,26)(H,25,28)/t18-,19+/m0/s1. The van der Waals surface area contributed by atoms with Crippen molar-refractivity contribution in [3.8, 4) is 0 Å². The molecule has 2 aromatic carbocycles. The molecule has 31 heavy (non-hydrogen) atoms. The predicted octanol–water partition coefficient (Wildman–Crippen LogP) is 0.707. The zero-order valence-corrected chi connectivity index (χ0v) is 17.7. The lowest BCUT2D eigenvalue weighted by molar-refractivity contribution is -0.130. The van der Waals surface area contributed by atoms with Crippen LogP contribution in [-0.2, 0) is 30.6 Å². The van der Waals surface area contributed by atoms with Gasteiger partial charge < -0.3 is 16.4 Å². The van der Waals surface area contributed by atoms with Crippen molar-refractivity contribution >= 4 is 27.6 Å². The second-order valence-electron chi connectivity index (χ2n) is 6.93. The lowest BCUT2D eigenvalue weighted by Gasteiger charge is -2.22. The van der Waals surface area contributed by atoms with Crippen LogP contribution in [0.3, 0.4) is 0 Å². The molecule has 0 spiro atoms. The highest BCUT2D eigenvalue weighted by Gasteiger charge is 2.27. The monoisotopic (exact) mass is 449 g/mol. The van der Waals surface area contributed by atoms with Gasteiger partial charge in [0.2, 0.25) is 17.7 Å². The van der Waals surface area contributed by atoms with E-state index < -0.39 is 51.2 Å². The number of sulfone groups is 1. The third kappa shape index (κ3) is 7.18. The van der Waals surface area contributed by atoms with Gasteiger partial charge in [-0.25, -0.2) is 12.8 Å². The first-order valence-electron chi connectivity index (χ1n) is 9.48. The van der Waals surface area contributed by atoms with Crippen LogP contribution in [0.4, 0.5) is 4.39 Å². The lowest BCUT2D eigenvalue weighted by atomic mass is 10.0. The first-order chi connectivity index (χ1) is 14.6. The van der Waals surface area contributed by atoms with E-state index in [1.807, 2.05) is 0 Å². The van der Waals surface area contributed by atoms with Crippen LogP contribution in [0.5, 0.6) is 0 Å².